The third-order valence-electron chi connectivity index (χ3n) is 3.84. The van der Waals surface area contributed by atoms with Crippen LogP contribution in [0.1, 0.15) is 26.2 Å². The summed E-state index contributed by atoms with van der Waals surface area (Å²) in [6.45, 7) is 3.70. The standard InChI is InChI=1S/C10H17NO2/c1-2-10(7-3-4-7)6-11-5-8(10)9(12)13/h7-8,11H,2-6H2,1H3,(H,12,13). The molecular formula is C10H17NO2. The smallest absolute Gasteiger partial charge is 0.308 e. The first-order valence-corrected chi connectivity index (χ1v) is 5.14. The topological polar surface area (TPSA) is 49.3 Å². The lowest BCUT2D eigenvalue weighted by atomic mass is 9.72. The molecule has 1 saturated carbocycles. The molecule has 3 heteroatoms. The molecular weight excluding hydrogens is 166 g/mol. The highest BCUT2D eigenvalue weighted by Gasteiger charge is 2.54. The number of hydrogen-bond acceptors (Lipinski definition) is 2. The van der Waals surface area contributed by atoms with Crippen LogP contribution in [0.3, 0.4) is 0 Å². The second-order valence-corrected chi connectivity index (χ2v) is 4.38. The minimum atomic E-state index is -0.612. The fourth-order valence-corrected chi connectivity index (χ4v) is 2.86. The van der Waals surface area contributed by atoms with Gasteiger partial charge < -0.3 is 10.4 Å². The number of hydrogen-bond donors (Lipinski definition) is 2. The molecule has 0 aromatic rings. The van der Waals surface area contributed by atoms with Crippen LogP contribution in [0.2, 0.25) is 0 Å². The van der Waals surface area contributed by atoms with Crippen molar-refractivity contribution in [2.45, 2.75) is 26.2 Å². The molecule has 3 nitrogen and oxygen atoms in total. The summed E-state index contributed by atoms with van der Waals surface area (Å²) in [5, 5.41) is 12.4. The van der Waals surface area contributed by atoms with Gasteiger partial charge >= 0.3 is 5.97 Å². The fourth-order valence-electron chi connectivity index (χ4n) is 2.86. The van der Waals surface area contributed by atoms with Crippen molar-refractivity contribution in [1.29, 1.82) is 0 Å². The van der Waals surface area contributed by atoms with E-state index in [1.54, 1.807) is 0 Å². The molecule has 2 N–H and O–H groups in total. The summed E-state index contributed by atoms with van der Waals surface area (Å²) < 4.78 is 0. The van der Waals surface area contributed by atoms with Crippen molar-refractivity contribution in [2.24, 2.45) is 17.3 Å². The molecule has 0 spiro atoms. The van der Waals surface area contributed by atoms with E-state index in [1.807, 2.05) is 0 Å². The summed E-state index contributed by atoms with van der Waals surface area (Å²) in [6.07, 6.45) is 3.47. The monoisotopic (exact) mass is 183 g/mol. The molecule has 2 rings (SSSR count). The van der Waals surface area contributed by atoms with Crippen molar-refractivity contribution in [3.8, 4) is 0 Å². The maximum absolute atomic E-state index is 11.1. The van der Waals surface area contributed by atoms with Crippen LogP contribution >= 0.6 is 0 Å². The van der Waals surface area contributed by atoms with E-state index in [0.29, 0.717) is 12.5 Å². The Hall–Kier alpha value is -0.570. The van der Waals surface area contributed by atoms with E-state index in [4.69, 9.17) is 5.11 Å². The second kappa shape index (κ2) is 2.98. The van der Waals surface area contributed by atoms with Gasteiger partial charge in [-0.05, 0) is 30.6 Å². The highest BCUT2D eigenvalue weighted by molar-refractivity contribution is 5.72. The predicted molar refractivity (Wildman–Crippen MR) is 49.4 cm³/mol. The lowest BCUT2D eigenvalue weighted by Crippen LogP contribution is -2.36. The SMILES string of the molecule is CCC1(C2CC2)CNCC1C(=O)O. The normalized spacial score (nSPS) is 39.3. The number of carboxylic acids is 1. The number of nitrogens with one attached hydrogen (secondary N) is 1. The largest absolute Gasteiger partial charge is 0.481 e. The molecule has 13 heavy (non-hydrogen) atoms. The van der Waals surface area contributed by atoms with Gasteiger partial charge in [0.1, 0.15) is 0 Å². The van der Waals surface area contributed by atoms with Gasteiger partial charge in [-0.3, -0.25) is 4.79 Å². The number of carbonyl (C=O) groups is 1. The first-order valence-electron chi connectivity index (χ1n) is 5.14. The van der Waals surface area contributed by atoms with Crippen LogP contribution in [-0.2, 0) is 4.79 Å². The summed E-state index contributed by atoms with van der Waals surface area (Å²) in [4.78, 5) is 11.1. The molecule has 2 atom stereocenters. The van der Waals surface area contributed by atoms with Crippen molar-refractivity contribution in [2.75, 3.05) is 13.1 Å². The minimum absolute atomic E-state index is 0.0752. The summed E-state index contributed by atoms with van der Waals surface area (Å²) in [5.74, 6) is -0.0858. The van der Waals surface area contributed by atoms with Gasteiger partial charge in [0.25, 0.3) is 0 Å². The summed E-state index contributed by atoms with van der Waals surface area (Å²) >= 11 is 0. The first kappa shape index (κ1) is 9.00. The Morgan fingerprint density at radius 1 is 1.62 bits per heavy atom. The molecule has 2 aliphatic rings. The van der Waals surface area contributed by atoms with E-state index >= 15 is 0 Å². The summed E-state index contributed by atoms with van der Waals surface area (Å²) in [6, 6.07) is 0. The Balaban J connectivity index is 2.20. The Bertz CT molecular complexity index is 225. The van der Waals surface area contributed by atoms with Crippen LogP contribution in [0.15, 0.2) is 0 Å². The number of aliphatic carboxylic acids is 1. The van der Waals surface area contributed by atoms with E-state index in [9.17, 15) is 4.79 Å². The maximum Gasteiger partial charge on any atom is 0.308 e. The first-order chi connectivity index (χ1) is 6.20. The molecule has 2 fully saturated rings. The zero-order valence-electron chi connectivity index (χ0n) is 8.05. The van der Waals surface area contributed by atoms with Crippen LogP contribution in [0.4, 0.5) is 0 Å². The third-order valence-corrected chi connectivity index (χ3v) is 3.84. The van der Waals surface area contributed by atoms with Gasteiger partial charge in [0.2, 0.25) is 0 Å². The van der Waals surface area contributed by atoms with Gasteiger partial charge in [0.15, 0.2) is 0 Å². The predicted octanol–water partition coefficient (Wildman–Crippen LogP) is 1.10. The Morgan fingerprint density at radius 3 is 2.77 bits per heavy atom. The van der Waals surface area contributed by atoms with Crippen molar-refractivity contribution in [3.05, 3.63) is 0 Å². The lowest BCUT2D eigenvalue weighted by molar-refractivity contribution is -0.145. The molecule has 0 amide bonds. The Labute approximate surface area is 78.5 Å². The molecule has 1 saturated heterocycles. The van der Waals surface area contributed by atoms with Crippen LogP contribution in [0.5, 0.6) is 0 Å². The van der Waals surface area contributed by atoms with Crippen molar-refractivity contribution in [3.63, 3.8) is 0 Å². The zero-order valence-corrected chi connectivity index (χ0v) is 8.05. The van der Waals surface area contributed by atoms with Gasteiger partial charge in [0.05, 0.1) is 5.92 Å². The van der Waals surface area contributed by atoms with Crippen LogP contribution in [0, 0.1) is 17.3 Å². The molecule has 0 radical (unpaired) electrons. The quantitative estimate of drug-likeness (QED) is 0.688. The van der Waals surface area contributed by atoms with Crippen molar-refractivity contribution in [1.82, 2.24) is 5.32 Å². The molecule has 1 aliphatic carbocycles. The Morgan fingerprint density at radius 2 is 2.31 bits per heavy atom. The second-order valence-electron chi connectivity index (χ2n) is 4.38. The summed E-state index contributed by atoms with van der Waals surface area (Å²) in [5.41, 5.74) is 0.0752. The van der Waals surface area contributed by atoms with Gasteiger partial charge in [-0.1, -0.05) is 6.92 Å². The molecule has 0 aromatic carbocycles. The van der Waals surface area contributed by atoms with Crippen LogP contribution < -0.4 is 5.32 Å². The molecule has 2 unspecified atom stereocenters. The molecule has 1 heterocycles. The fraction of sp³-hybridized carbons (Fsp3) is 0.900. The number of rotatable bonds is 3. The molecule has 74 valence electrons. The molecule has 0 aromatic heterocycles. The van der Waals surface area contributed by atoms with Gasteiger partial charge in [-0.25, -0.2) is 0 Å². The van der Waals surface area contributed by atoms with E-state index in [-0.39, 0.29) is 11.3 Å². The number of carboxylic acid groups (broad SMARTS) is 1. The maximum atomic E-state index is 11.1. The van der Waals surface area contributed by atoms with Gasteiger partial charge in [-0.2, -0.15) is 0 Å². The summed E-state index contributed by atoms with van der Waals surface area (Å²) in [7, 11) is 0. The van der Waals surface area contributed by atoms with Crippen molar-refractivity contribution >= 4 is 5.97 Å². The van der Waals surface area contributed by atoms with Crippen LogP contribution in [0.25, 0.3) is 0 Å². The molecule has 1 aliphatic heterocycles. The lowest BCUT2D eigenvalue weighted by Gasteiger charge is -2.31. The van der Waals surface area contributed by atoms with E-state index in [0.717, 1.165) is 13.0 Å². The Kier molecular flexibility index (Phi) is 2.06. The highest BCUT2D eigenvalue weighted by atomic mass is 16.4. The van der Waals surface area contributed by atoms with Gasteiger partial charge in [0, 0.05) is 13.1 Å². The van der Waals surface area contributed by atoms with Crippen molar-refractivity contribution < 1.29 is 9.90 Å². The van der Waals surface area contributed by atoms with E-state index in [2.05, 4.69) is 12.2 Å². The zero-order chi connectivity index (χ0) is 9.47. The van der Waals surface area contributed by atoms with Crippen LogP contribution in [-0.4, -0.2) is 24.2 Å². The average molecular weight is 183 g/mol. The third kappa shape index (κ3) is 1.26. The minimum Gasteiger partial charge on any atom is -0.481 e. The van der Waals surface area contributed by atoms with Gasteiger partial charge in [-0.15, -0.1) is 0 Å². The van der Waals surface area contributed by atoms with E-state index < -0.39 is 5.97 Å². The van der Waals surface area contributed by atoms with E-state index in [1.165, 1.54) is 12.8 Å². The molecule has 0 bridgehead atoms. The average Bonchev–Trinajstić information content (AvgIpc) is 2.85. The highest BCUT2D eigenvalue weighted by Crippen LogP contribution is 2.53.